The lowest BCUT2D eigenvalue weighted by Crippen LogP contribution is -2.13. The van der Waals surface area contributed by atoms with Gasteiger partial charge in [-0.1, -0.05) is 29.3 Å². The van der Waals surface area contributed by atoms with Crippen molar-refractivity contribution in [1.29, 1.82) is 0 Å². The highest BCUT2D eigenvalue weighted by atomic mass is 35.5. The smallest absolute Gasteiger partial charge is 0.256 e. The highest BCUT2D eigenvalue weighted by Gasteiger charge is 2.28. The van der Waals surface area contributed by atoms with Gasteiger partial charge in [-0.3, -0.25) is 14.2 Å². The molecule has 1 saturated carbocycles. The van der Waals surface area contributed by atoms with E-state index in [1.165, 1.54) is 0 Å². The Labute approximate surface area is 189 Å². The molecule has 1 fully saturated rings. The van der Waals surface area contributed by atoms with Gasteiger partial charge < -0.3 is 5.32 Å². The number of fused-ring (bicyclic) bond motifs is 1. The second kappa shape index (κ2) is 7.66. The van der Waals surface area contributed by atoms with E-state index in [1.807, 2.05) is 20.0 Å². The monoisotopic (exact) mass is 454 g/mol. The summed E-state index contributed by atoms with van der Waals surface area (Å²) < 4.78 is 3.43. The van der Waals surface area contributed by atoms with Crippen molar-refractivity contribution in [3.8, 4) is 0 Å². The molecule has 158 valence electrons. The molecule has 0 saturated heterocycles. The number of carbonyl (C=O) groups excluding carboxylic acids is 1. The molecule has 0 aliphatic heterocycles. The van der Waals surface area contributed by atoms with E-state index in [4.69, 9.17) is 28.2 Å². The average molecular weight is 455 g/mol. The summed E-state index contributed by atoms with van der Waals surface area (Å²) in [5.41, 5.74) is 4.41. The van der Waals surface area contributed by atoms with E-state index >= 15 is 0 Å². The van der Waals surface area contributed by atoms with E-state index in [-0.39, 0.29) is 5.91 Å². The van der Waals surface area contributed by atoms with Crippen molar-refractivity contribution >= 4 is 45.8 Å². The molecule has 7 nitrogen and oxygen atoms in total. The molecule has 0 atom stereocenters. The SMILES string of the molecule is Cc1nn(C)c2nc(C3CC3)cc(C(=O)Nc3cnn(Cc4c(Cl)cccc4Cl)c3)c12. The standard InChI is InChI=1S/C22H20Cl2N6O/c1-12-20-15(8-19(13-6-7-13)27-21(20)29(2)28-12)22(31)26-14-9-25-30(10-14)11-16-17(23)4-3-5-18(16)24/h3-5,8-10,13H,6-7,11H2,1-2H3,(H,26,31). The Balaban J connectivity index is 1.43. The number of anilines is 1. The van der Waals surface area contributed by atoms with Crippen LogP contribution in [-0.4, -0.2) is 30.5 Å². The highest BCUT2D eigenvalue weighted by Crippen LogP contribution is 2.40. The van der Waals surface area contributed by atoms with Crippen LogP contribution in [-0.2, 0) is 13.6 Å². The van der Waals surface area contributed by atoms with Gasteiger partial charge >= 0.3 is 0 Å². The van der Waals surface area contributed by atoms with Gasteiger partial charge in [0.25, 0.3) is 5.91 Å². The van der Waals surface area contributed by atoms with E-state index in [9.17, 15) is 4.79 Å². The maximum Gasteiger partial charge on any atom is 0.256 e. The Hall–Kier alpha value is -2.90. The fourth-order valence-electron chi connectivity index (χ4n) is 3.79. The first-order chi connectivity index (χ1) is 14.9. The molecule has 0 spiro atoms. The molecule has 1 N–H and O–H groups in total. The molecule has 0 bridgehead atoms. The minimum atomic E-state index is -0.208. The van der Waals surface area contributed by atoms with Crippen LogP contribution in [0.4, 0.5) is 5.69 Å². The van der Waals surface area contributed by atoms with Crippen molar-refractivity contribution in [3.63, 3.8) is 0 Å². The number of amides is 1. The first kappa shape index (κ1) is 20.0. The fourth-order valence-corrected chi connectivity index (χ4v) is 4.31. The predicted octanol–water partition coefficient (Wildman–Crippen LogP) is 4.96. The van der Waals surface area contributed by atoms with Gasteiger partial charge in [0.2, 0.25) is 0 Å². The van der Waals surface area contributed by atoms with Crippen LogP contribution < -0.4 is 5.32 Å². The number of hydrogen-bond donors (Lipinski definition) is 1. The van der Waals surface area contributed by atoms with Crippen molar-refractivity contribution in [2.75, 3.05) is 5.32 Å². The van der Waals surface area contributed by atoms with Gasteiger partial charge in [-0.05, 0) is 38.0 Å². The summed E-state index contributed by atoms with van der Waals surface area (Å²) in [6, 6.07) is 7.28. The third-order valence-corrected chi connectivity index (χ3v) is 6.21. The predicted molar refractivity (Wildman–Crippen MR) is 121 cm³/mol. The topological polar surface area (TPSA) is 77.6 Å². The number of benzene rings is 1. The Morgan fingerprint density at radius 3 is 2.71 bits per heavy atom. The third-order valence-electron chi connectivity index (χ3n) is 5.50. The molecular weight excluding hydrogens is 435 g/mol. The van der Waals surface area contributed by atoms with Crippen molar-refractivity contribution in [2.45, 2.75) is 32.2 Å². The van der Waals surface area contributed by atoms with Crippen molar-refractivity contribution in [3.05, 3.63) is 69.2 Å². The van der Waals surface area contributed by atoms with Gasteiger partial charge in [0.1, 0.15) is 0 Å². The summed E-state index contributed by atoms with van der Waals surface area (Å²) in [4.78, 5) is 18.0. The van der Waals surface area contributed by atoms with Crippen LogP contribution in [0.2, 0.25) is 10.0 Å². The van der Waals surface area contributed by atoms with Crippen molar-refractivity contribution in [1.82, 2.24) is 24.5 Å². The Bertz CT molecular complexity index is 1300. The van der Waals surface area contributed by atoms with E-state index in [1.54, 1.807) is 40.0 Å². The molecule has 1 aliphatic carbocycles. The lowest BCUT2D eigenvalue weighted by molar-refractivity contribution is 0.102. The quantitative estimate of drug-likeness (QED) is 0.462. The van der Waals surface area contributed by atoms with Crippen molar-refractivity contribution in [2.24, 2.45) is 7.05 Å². The molecule has 9 heteroatoms. The van der Waals surface area contributed by atoms with E-state index in [0.717, 1.165) is 40.8 Å². The number of nitrogens with one attached hydrogen (secondary N) is 1. The van der Waals surface area contributed by atoms with Gasteiger partial charge in [0.15, 0.2) is 5.65 Å². The number of aryl methyl sites for hydroxylation is 2. The van der Waals surface area contributed by atoms with Gasteiger partial charge in [-0.25, -0.2) is 4.98 Å². The molecule has 1 aliphatic rings. The summed E-state index contributed by atoms with van der Waals surface area (Å²) in [5.74, 6) is 0.218. The Morgan fingerprint density at radius 1 is 1.26 bits per heavy atom. The number of halogens is 2. The van der Waals surface area contributed by atoms with Crippen molar-refractivity contribution < 1.29 is 4.79 Å². The van der Waals surface area contributed by atoms with Crippen LogP contribution >= 0.6 is 23.2 Å². The van der Waals surface area contributed by atoms with E-state index in [0.29, 0.717) is 33.8 Å². The zero-order chi connectivity index (χ0) is 21.7. The normalized spacial score (nSPS) is 13.7. The summed E-state index contributed by atoms with van der Waals surface area (Å²) in [6.45, 7) is 2.30. The highest BCUT2D eigenvalue weighted by molar-refractivity contribution is 6.36. The molecule has 1 amide bonds. The summed E-state index contributed by atoms with van der Waals surface area (Å²) in [6.07, 6.45) is 5.58. The minimum Gasteiger partial charge on any atom is -0.319 e. The number of rotatable bonds is 5. The van der Waals surface area contributed by atoms with Crippen LogP contribution in [0.3, 0.4) is 0 Å². The van der Waals surface area contributed by atoms with Crippen LogP contribution in [0.25, 0.3) is 11.0 Å². The maximum absolute atomic E-state index is 13.2. The van der Waals surface area contributed by atoms with Gasteiger partial charge in [0, 0.05) is 40.5 Å². The van der Waals surface area contributed by atoms with Crippen LogP contribution in [0, 0.1) is 6.92 Å². The number of aromatic nitrogens is 5. The number of carbonyl (C=O) groups is 1. The number of nitrogens with zero attached hydrogens (tertiary/aromatic N) is 5. The van der Waals surface area contributed by atoms with Crippen LogP contribution in [0.5, 0.6) is 0 Å². The molecule has 0 radical (unpaired) electrons. The first-order valence-electron chi connectivity index (χ1n) is 10.0. The molecule has 1 aromatic carbocycles. The van der Waals surface area contributed by atoms with Gasteiger partial charge in [0.05, 0.1) is 35.1 Å². The average Bonchev–Trinajstić information content (AvgIpc) is 3.43. The lowest BCUT2D eigenvalue weighted by atomic mass is 10.1. The molecular formula is C22H20Cl2N6O. The van der Waals surface area contributed by atoms with Crippen LogP contribution in [0.1, 0.15) is 46.1 Å². The molecule has 5 rings (SSSR count). The second-order valence-electron chi connectivity index (χ2n) is 7.86. The third kappa shape index (κ3) is 3.79. The Morgan fingerprint density at radius 2 is 2.00 bits per heavy atom. The van der Waals surface area contributed by atoms with Gasteiger partial charge in [-0.15, -0.1) is 0 Å². The molecule has 3 aromatic heterocycles. The summed E-state index contributed by atoms with van der Waals surface area (Å²) in [7, 11) is 1.85. The maximum atomic E-state index is 13.2. The largest absolute Gasteiger partial charge is 0.319 e. The van der Waals surface area contributed by atoms with Crippen LogP contribution in [0.15, 0.2) is 36.7 Å². The fraction of sp³-hybridized carbons (Fsp3) is 0.273. The zero-order valence-electron chi connectivity index (χ0n) is 17.1. The second-order valence-corrected chi connectivity index (χ2v) is 8.67. The summed E-state index contributed by atoms with van der Waals surface area (Å²) in [5, 5.41) is 13.7. The molecule has 3 heterocycles. The van der Waals surface area contributed by atoms with E-state index in [2.05, 4.69) is 15.5 Å². The van der Waals surface area contributed by atoms with Gasteiger partial charge in [-0.2, -0.15) is 10.2 Å². The van der Waals surface area contributed by atoms with E-state index < -0.39 is 0 Å². The minimum absolute atomic E-state index is 0.208. The zero-order valence-corrected chi connectivity index (χ0v) is 18.6. The number of pyridine rings is 1. The summed E-state index contributed by atoms with van der Waals surface area (Å²) >= 11 is 12.5. The first-order valence-corrected chi connectivity index (χ1v) is 10.8. The lowest BCUT2D eigenvalue weighted by Gasteiger charge is -2.08. The molecule has 31 heavy (non-hydrogen) atoms. The molecule has 4 aromatic rings. The number of hydrogen-bond acceptors (Lipinski definition) is 4. The molecule has 0 unspecified atom stereocenters. The Kier molecular flexibility index (Phi) is 4.95.